The fourth-order valence-electron chi connectivity index (χ4n) is 5.12. The number of guanidine groups is 1. The number of hydrogen-bond acceptors (Lipinski definition) is 6. The normalized spacial score (nSPS) is 11.5. The number of aliphatic imine (C=N–C) groups is 1. The summed E-state index contributed by atoms with van der Waals surface area (Å²) in [5, 5.41) is 3.45. The van der Waals surface area contributed by atoms with Gasteiger partial charge in [0.05, 0.1) is 18.1 Å². The maximum atomic E-state index is 13.2. The lowest BCUT2D eigenvalue weighted by Crippen LogP contribution is -2.27. The summed E-state index contributed by atoms with van der Waals surface area (Å²) in [6, 6.07) is 24.1. The second kappa shape index (κ2) is 14.0. The molecule has 0 aliphatic heterocycles. The molecule has 0 fully saturated rings. The molecule has 0 radical (unpaired) electrons. The zero-order chi connectivity index (χ0) is 32.8. The van der Waals surface area contributed by atoms with Crippen molar-refractivity contribution >= 4 is 46.1 Å². The standard InChI is InChI=1S/C34H34ClN7O4/c1-20-15-23(35)19-27(16-20)46-26-6-3-5-21(17-26)32-41-28-18-22(33(44)40-24-9-11-25(45-2)12-10-24)8-13-29(28)42(32)30(31(36)43)7-4-14-39-34(37)38/h3,5-6,8-13,15-19,30H,4,7,14H2,1-2H3,(H2,36,43)(H,40,44)(H4,37,38,39)/t30-/m1/s1. The summed E-state index contributed by atoms with van der Waals surface area (Å²) in [7, 11) is 1.58. The number of aromatic nitrogens is 2. The van der Waals surface area contributed by atoms with Crippen LogP contribution in [-0.2, 0) is 4.79 Å². The fourth-order valence-corrected chi connectivity index (χ4v) is 5.40. The molecule has 0 saturated carbocycles. The number of benzene rings is 4. The van der Waals surface area contributed by atoms with E-state index in [1.54, 1.807) is 60.2 Å². The van der Waals surface area contributed by atoms with Crippen LogP contribution >= 0.6 is 11.6 Å². The topological polar surface area (TPSA) is 173 Å². The lowest BCUT2D eigenvalue weighted by molar-refractivity contribution is -0.121. The van der Waals surface area contributed by atoms with Gasteiger partial charge in [0.1, 0.15) is 29.1 Å². The van der Waals surface area contributed by atoms with Gasteiger partial charge in [0.25, 0.3) is 5.91 Å². The largest absolute Gasteiger partial charge is 0.497 e. The first-order valence-electron chi connectivity index (χ1n) is 14.5. The molecule has 0 saturated heterocycles. The van der Waals surface area contributed by atoms with E-state index >= 15 is 0 Å². The number of primary amides is 1. The quantitative estimate of drug-likeness (QED) is 0.0758. The molecule has 5 aromatic rings. The Morgan fingerprint density at radius 1 is 0.957 bits per heavy atom. The average molecular weight is 640 g/mol. The highest BCUT2D eigenvalue weighted by atomic mass is 35.5. The van der Waals surface area contributed by atoms with Crippen molar-refractivity contribution in [1.82, 2.24) is 9.55 Å². The van der Waals surface area contributed by atoms with Gasteiger partial charge in [0.2, 0.25) is 5.91 Å². The third kappa shape index (κ3) is 7.56. The van der Waals surface area contributed by atoms with Crippen LogP contribution in [-0.4, -0.2) is 41.0 Å². The van der Waals surface area contributed by atoms with E-state index in [4.69, 9.17) is 43.3 Å². The Labute approximate surface area is 271 Å². The number of amides is 2. The van der Waals surface area contributed by atoms with Crippen LogP contribution in [0.5, 0.6) is 17.2 Å². The van der Waals surface area contributed by atoms with Crippen LogP contribution in [0.25, 0.3) is 22.4 Å². The van der Waals surface area contributed by atoms with Gasteiger partial charge in [-0.25, -0.2) is 4.98 Å². The number of hydrogen-bond donors (Lipinski definition) is 4. The molecule has 0 aliphatic carbocycles. The number of nitrogens with one attached hydrogen (secondary N) is 1. The van der Waals surface area contributed by atoms with Gasteiger partial charge in [0, 0.05) is 28.4 Å². The van der Waals surface area contributed by atoms with E-state index in [-0.39, 0.29) is 11.9 Å². The number of imidazole rings is 1. The summed E-state index contributed by atoms with van der Waals surface area (Å²) in [4.78, 5) is 35.1. The number of anilines is 1. The van der Waals surface area contributed by atoms with Gasteiger partial charge in [0.15, 0.2) is 5.96 Å². The second-order valence-electron chi connectivity index (χ2n) is 10.7. The molecule has 2 amide bonds. The molecule has 4 aromatic carbocycles. The van der Waals surface area contributed by atoms with Crippen molar-refractivity contribution in [3.05, 3.63) is 101 Å². The predicted molar refractivity (Wildman–Crippen MR) is 181 cm³/mol. The second-order valence-corrected chi connectivity index (χ2v) is 11.1. The van der Waals surface area contributed by atoms with Crippen LogP contribution < -0.4 is 32.0 Å². The summed E-state index contributed by atoms with van der Waals surface area (Å²) >= 11 is 6.24. The zero-order valence-electron chi connectivity index (χ0n) is 25.4. The van der Waals surface area contributed by atoms with Crippen molar-refractivity contribution < 1.29 is 19.1 Å². The molecule has 11 nitrogen and oxygen atoms in total. The molecule has 0 unspecified atom stereocenters. The van der Waals surface area contributed by atoms with Gasteiger partial charge in [-0.1, -0.05) is 23.7 Å². The molecule has 236 valence electrons. The number of carbonyl (C=O) groups excluding carboxylic acids is 2. The van der Waals surface area contributed by atoms with E-state index in [1.165, 1.54) is 0 Å². The van der Waals surface area contributed by atoms with Crippen LogP contribution in [0.15, 0.2) is 89.9 Å². The zero-order valence-corrected chi connectivity index (χ0v) is 26.1. The third-order valence-corrected chi connectivity index (χ3v) is 7.43. The number of methoxy groups -OCH3 is 1. The first kappa shape index (κ1) is 31.9. The highest BCUT2D eigenvalue weighted by Gasteiger charge is 2.25. The Bertz CT molecular complexity index is 1900. The number of fused-ring (bicyclic) bond motifs is 1. The minimum atomic E-state index is -0.784. The maximum absolute atomic E-state index is 13.2. The molecule has 1 aromatic heterocycles. The number of ether oxygens (including phenoxy) is 2. The van der Waals surface area contributed by atoms with Gasteiger partial charge >= 0.3 is 0 Å². The van der Waals surface area contributed by atoms with Crippen LogP contribution in [0.1, 0.15) is 34.8 Å². The molecule has 1 atom stereocenters. The van der Waals surface area contributed by atoms with E-state index in [0.717, 1.165) is 5.56 Å². The Morgan fingerprint density at radius 3 is 2.43 bits per heavy atom. The lowest BCUT2D eigenvalue weighted by atomic mass is 10.1. The molecule has 12 heteroatoms. The van der Waals surface area contributed by atoms with E-state index < -0.39 is 11.9 Å². The van der Waals surface area contributed by atoms with Gasteiger partial charge in [-0.15, -0.1) is 0 Å². The first-order valence-corrected chi connectivity index (χ1v) is 14.9. The van der Waals surface area contributed by atoms with Crippen LogP contribution in [0, 0.1) is 6.92 Å². The molecule has 46 heavy (non-hydrogen) atoms. The monoisotopic (exact) mass is 639 g/mol. The van der Waals surface area contributed by atoms with E-state index in [9.17, 15) is 9.59 Å². The van der Waals surface area contributed by atoms with Crippen LogP contribution in [0.2, 0.25) is 5.02 Å². The maximum Gasteiger partial charge on any atom is 0.255 e. The van der Waals surface area contributed by atoms with Crippen LogP contribution in [0.3, 0.4) is 0 Å². The molecule has 0 bridgehead atoms. The smallest absolute Gasteiger partial charge is 0.255 e. The van der Waals surface area contributed by atoms with E-state index in [1.807, 2.05) is 43.3 Å². The number of aryl methyl sites for hydroxylation is 1. The number of nitrogens with zero attached hydrogens (tertiary/aromatic N) is 3. The third-order valence-electron chi connectivity index (χ3n) is 7.21. The van der Waals surface area contributed by atoms with Crippen molar-refractivity contribution in [2.24, 2.45) is 22.2 Å². The number of carbonyl (C=O) groups is 2. The van der Waals surface area contributed by atoms with E-state index in [0.29, 0.717) is 75.3 Å². The Morgan fingerprint density at radius 2 is 1.74 bits per heavy atom. The predicted octanol–water partition coefficient (Wildman–Crippen LogP) is 5.80. The molecular weight excluding hydrogens is 606 g/mol. The molecule has 0 aliphatic rings. The van der Waals surface area contributed by atoms with Crippen LogP contribution in [0.4, 0.5) is 5.69 Å². The average Bonchev–Trinajstić information content (AvgIpc) is 3.39. The molecular formula is C34H34ClN7O4. The molecule has 5 rings (SSSR count). The SMILES string of the molecule is COc1ccc(NC(=O)c2ccc3c(c2)nc(-c2cccc(Oc4cc(C)cc(Cl)c4)c2)n3[C@H](CCCN=C(N)N)C(N)=O)cc1. The minimum absolute atomic E-state index is 0.0310. The summed E-state index contributed by atoms with van der Waals surface area (Å²) < 4.78 is 13.1. The van der Waals surface area contributed by atoms with Gasteiger partial charge in [-0.2, -0.15) is 0 Å². The summed E-state index contributed by atoms with van der Waals surface area (Å²) in [5.41, 5.74) is 20.7. The van der Waals surface area contributed by atoms with Crippen molar-refractivity contribution in [2.45, 2.75) is 25.8 Å². The van der Waals surface area contributed by atoms with Gasteiger partial charge < -0.3 is 36.6 Å². The first-order chi connectivity index (χ1) is 22.1. The Balaban J connectivity index is 1.55. The summed E-state index contributed by atoms with van der Waals surface area (Å²) in [6.45, 7) is 2.26. The molecule has 0 spiro atoms. The number of halogens is 1. The van der Waals surface area contributed by atoms with Crippen molar-refractivity contribution in [2.75, 3.05) is 19.0 Å². The Kier molecular flexibility index (Phi) is 9.73. The molecule has 1 heterocycles. The van der Waals surface area contributed by atoms with Crippen molar-refractivity contribution in [1.29, 1.82) is 0 Å². The van der Waals surface area contributed by atoms with Gasteiger partial charge in [-0.3, -0.25) is 14.6 Å². The van der Waals surface area contributed by atoms with Crippen molar-refractivity contribution in [3.8, 4) is 28.6 Å². The fraction of sp³-hybridized carbons (Fsp3) is 0.176. The lowest BCUT2D eigenvalue weighted by Gasteiger charge is -2.19. The van der Waals surface area contributed by atoms with E-state index in [2.05, 4.69) is 10.3 Å². The van der Waals surface area contributed by atoms with Gasteiger partial charge in [-0.05, 0) is 98.1 Å². The number of rotatable bonds is 12. The summed E-state index contributed by atoms with van der Waals surface area (Å²) in [6.07, 6.45) is 0.840. The number of nitrogens with two attached hydrogens (primary N) is 3. The Hall–Kier alpha value is -5.55. The highest BCUT2D eigenvalue weighted by Crippen LogP contribution is 2.34. The highest BCUT2D eigenvalue weighted by molar-refractivity contribution is 6.30. The minimum Gasteiger partial charge on any atom is -0.497 e. The molecule has 7 N–H and O–H groups in total. The summed E-state index contributed by atoms with van der Waals surface area (Å²) in [5.74, 6) is 1.38. The van der Waals surface area contributed by atoms with Crippen molar-refractivity contribution in [3.63, 3.8) is 0 Å².